The lowest BCUT2D eigenvalue weighted by atomic mass is 10.2. The molecule has 2 rings (SSSR count). The summed E-state index contributed by atoms with van der Waals surface area (Å²) in [5.41, 5.74) is 1.66. The molecule has 0 aliphatic heterocycles. The van der Waals surface area contributed by atoms with E-state index in [9.17, 15) is 10.1 Å². The SMILES string of the molecule is O=[N+]([O-])C=Cc1c[nH]c2ccc(Cl)cc12. The van der Waals surface area contributed by atoms with Gasteiger partial charge in [0.15, 0.2) is 0 Å². The summed E-state index contributed by atoms with van der Waals surface area (Å²) in [6.07, 6.45) is 4.06. The molecule has 0 aliphatic rings. The number of fused-ring (bicyclic) bond motifs is 1. The highest BCUT2D eigenvalue weighted by molar-refractivity contribution is 6.31. The Balaban J connectivity index is 2.52. The van der Waals surface area contributed by atoms with Gasteiger partial charge < -0.3 is 4.98 Å². The number of halogens is 1. The van der Waals surface area contributed by atoms with Gasteiger partial charge in [-0.15, -0.1) is 0 Å². The fourth-order valence-electron chi connectivity index (χ4n) is 1.39. The Morgan fingerprint density at radius 1 is 1.47 bits per heavy atom. The van der Waals surface area contributed by atoms with Crippen LogP contribution in [0.3, 0.4) is 0 Å². The predicted molar refractivity (Wildman–Crippen MR) is 59.3 cm³/mol. The van der Waals surface area contributed by atoms with Gasteiger partial charge in [-0.3, -0.25) is 10.1 Å². The van der Waals surface area contributed by atoms with Crippen LogP contribution in [0.25, 0.3) is 17.0 Å². The van der Waals surface area contributed by atoms with Crippen LogP contribution < -0.4 is 0 Å². The molecule has 0 bridgehead atoms. The zero-order valence-corrected chi connectivity index (χ0v) is 8.36. The number of aromatic amines is 1. The van der Waals surface area contributed by atoms with Crippen molar-refractivity contribution < 1.29 is 4.92 Å². The second-order valence-corrected chi connectivity index (χ2v) is 3.47. The average Bonchev–Trinajstić information content (AvgIpc) is 2.57. The van der Waals surface area contributed by atoms with E-state index in [0.717, 1.165) is 22.7 Å². The summed E-state index contributed by atoms with van der Waals surface area (Å²) < 4.78 is 0. The van der Waals surface area contributed by atoms with Crippen molar-refractivity contribution in [2.24, 2.45) is 0 Å². The van der Waals surface area contributed by atoms with E-state index in [1.54, 1.807) is 18.3 Å². The lowest BCUT2D eigenvalue weighted by molar-refractivity contribution is -0.400. The lowest BCUT2D eigenvalue weighted by Gasteiger charge is -1.92. The van der Waals surface area contributed by atoms with Crippen LogP contribution in [-0.2, 0) is 0 Å². The van der Waals surface area contributed by atoms with Crippen LogP contribution in [0.15, 0.2) is 30.6 Å². The Hall–Kier alpha value is -1.81. The average molecular weight is 223 g/mol. The van der Waals surface area contributed by atoms with Crippen LogP contribution in [0.2, 0.25) is 5.02 Å². The van der Waals surface area contributed by atoms with Crippen molar-refractivity contribution in [3.05, 3.63) is 51.3 Å². The summed E-state index contributed by atoms with van der Waals surface area (Å²) in [4.78, 5) is 12.7. The number of hydrogen-bond acceptors (Lipinski definition) is 2. The Bertz CT molecular complexity index is 545. The van der Waals surface area contributed by atoms with Crippen molar-refractivity contribution >= 4 is 28.6 Å². The largest absolute Gasteiger partial charge is 0.361 e. The molecule has 1 aromatic heterocycles. The highest BCUT2D eigenvalue weighted by atomic mass is 35.5. The van der Waals surface area contributed by atoms with Gasteiger partial charge in [-0.1, -0.05) is 11.6 Å². The first-order chi connectivity index (χ1) is 7.16. The van der Waals surface area contributed by atoms with E-state index in [2.05, 4.69) is 4.98 Å². The van der Waals surface area contributed by atoms with Gasteiger partial charge in [0.2, 0.25) is 6.20 Å². The molecule has 1 heterocycles. The standard InChI is InChI=1S/C10H7ClN2O2/c11-8-1-2-10-9(5-8)7(6-12-10)3-4-13(14)15/h1-6,12H. The minimum Gasteiger partial charge on any atom is -0.361 e. The van der Waals surface area contributed by atoms with Crippen LogP contribution in [0.5, 0.6) is 0 Å². The summed E-state index contributed by atoms with van der Waals surface area (Å²) in [5, 5.41) is 11.7. The van der Waals surface area contributed by atoms with Crippen molar-refractivity contribution in [1.29, 1.82) is 0 Å². The summed E-state index contributed by atoms with van der Waals surface area (Å²) in [6, 6.07) is 5.37. The zero-order chi connectivity index (χ0) is 10.8. The predicted octanol–water partition coefficient (Wildman–Crippen LogP) is 3.07. The van der Waals surface area contributed by atoms with Gasteiger partial charge in [0.25, 0.3) is 0 Å². The van der Waals surface area contributed by atoms with Crippen molar-refractivity contribution in [3.8, 4) is 0 Å². The van der Waals surface area contributed by atoms with Crippen LogP contribution in [0.4, 0.5) is 0 Å². The minimum absolute atomic E-state index is 0.497. The first kappa shape index (κ1) is 9.73. The summed E-state index contributed by atoms with van der Waals surface area (Å²) in [7, 11) is 0. The van der Waals surface area contributed by atoms with Crippen molar-refractivity contribution in [3.63, 3.8) is 0 Å². The van der Waals surface area contributed by atoms with Gasteiger partial charge in [-0.2, -0.15) is 0 Å². The number of nitrogens with one attached hydrogen (secondary N) is 1. The number of nitrogens with zero attached hydrogens (tertiary/aromatic N) is 1. The van der Waals surface area contributed by atoms with E-state index in [-0.39, 0.29) is 0 Å². The maximum atomic E-state index is 10.2. The smallest absolute Gasteiger partial charge is 0.235 e. The van der Waals surface area contributed by atoms with E-state index < -0.39 is 4.92 Å². The molecule has 0 unspecified atom stereocenters. The number of aromatic nitrogens is 1. The Kier molecular flexibility index (Phi) is 2.43. The first-order valence-corrected chi connectivity index (χ1v) is 4.63. The van der Waals surface area contributed by atoms with Gasteiger partial charge in [-0.05, 0) is 18.2 Å². The fraction of sp³-hybridized carbons (Fsp3) is 0. The topological polar surface area (TPSA) is 58.9 Å². The number of hydrogen-bond donors (Lipinski definition) is 1. The zero-order valence-electron chi connectivity index (χ0n) is 7.61. The van der Waals surface area contributed by atoms with Crippen LogP contribution >= 0.6 is 11.6 Å². The molecule has 76 valence electrons. The monoisotopic (exact) mass is 222 g/mol. The van der Waals surface area contributed by atoms with Crippen molar-refractivity contribution in [2.45, 2.75) is 0 Å². The molecule has 1 aromatic carbocycles. The van der Waals surface area contributed by atoms with Crippen LogP contribution in [0.1, 0.15) is 5.56 Å². The third kappa shape index (κ3) is 1.99. The fourth-order valence-corrected chi connectivity index (χ4v) is 1.57. The molecular weight excluding hydrogens is 216 g/mol. The van der Waals surface area contributed by atoms with E-state index in [4.69, 9.17) is 11.6 Å². The highest BCUT2D eigenvalue weighted by Crippen LogP contribution is 2.23. The van der Waals surface area contributed by atoms with E-state index in [0.29, 0.717) is 5.02 Å². The molecule has 5 heteroatoms. The molecule has 0 radical (unpaired) electrons. The molecule has 0 atom stereocenters. The van der Waals surface area contributed by atoms with Gasteiger partial charge in [0.1, 0.15) is 0 Å². The van der Waals surface area contributed by atoms with Gasteiger partial charge in [0.05, 0.1) is 4.92 Å². The van der Waals surface area contributed by atoms with E-state index >= 15 is 0 Å². The maximum absolute atomic E-state index is 10.2. The lowest BCUT2D eigenvalue weighted by Crippen LogP contribution is -1.81. The third-order valence-electron chi connectivity index (χ3n) is 2.05. The molecule has 1 N–H and O–H groups in total. The quantitative estimate of drug-likeness (QED) is 0.627. The first-order valence-electron chi connectivity index (χ1n) is 4.25. The second kappa shape index (κ2) is 3.74. The number of nitro groups is 1. The van der Waals surface area contributed by atoms with Gasteiger partial charge in [-0.25, -0.2) is 0 Å². The molecule has 0 saturated heterocycles. The number of rotatable bonds is 2. The molecule has 4 nitrogen and oxygen atoms in total. The maximum Gasteiger partial charge on any atom is 0.235 e. The van der Waals surface area contributed by atoms with Crippen molar-refractivity contribution in [1.82, 2.24) is 4.98 Å². The number of H-pyrrole nitrogens is 1. The molecule has 0 aliphatic carbocycles. The summed E-state index contributed by atoms with van der Waals surface area (Å²) in [5.74, 6) is 0. The second-order valence-electron chi connectivity index (χ2n) is 3.04. The molecular formula is C10H7ClN2O2. The molecule has 2 aromatic rings. The van der Waals surface area contributed by atoms with E-state index in [1.165, 1.54) is 6.08 Å². The summed E-state index contributed by atoms with van der Waals surface area (Å²) >= 11 is 5.84. The van der Waals surface area contributed by atoms with E-state index in [1.807, 2.05) is 6.07 Å². The third-order valence-corrected chi connectivity index (χ3v) is 2.29. The number of benzene rings is 1. The molecule has 0 fully saturated rings. The normalized spacial score (nSPS) is 11.3. The minimum atomic E-state index is -0.497. The summed E-state index contributed by atoms with van der Waals surface area (Å²) in [6.45, 7) is 0. The highest BCUT2D eigenvalue weighted by Gasteiger charge is 2.02. The molecule has 0 spiro atoms. The Labute approximate surface area is 90.3 Å². The van der Waals surface area contributed by atoms with Gasteiger partial charge in [0, 0.05) is 33.8 Å². The van der Waals surface area contributed by atoms with Gasteiger partial charge >= 0.3 is 0 Å². The Morgan fingerprint density at radius 3 is 3.00 bits per heavy atom. The Morgan fingerprint density at radius 2 is 2.27 bits per heavy atom. The molecule has 15 heavy (non-hydrogen) atoms. The van der Waals surface area contributed by atoms with Crippen LogP contribution in [0, 0.1) is 10.1 Å². The van der Waals surface area contributed by atoms with Crippen LogP contribution in [-0.4, -0.2) is 9.91 Å². The van der Waals surface area contributed by atoms with Crippen molar-refractivity contribution in [2.75, 3.05) is 0 Å². The molecule has 0 saturated carbocycles. The molecule has 0 amide bonds.